The van der Waals surface area contributed by atoms with Crippen LogP contribution in [0.25, 0.3) is 6.08 Å². The lowest BCUT2D eigenvalue weighted by Gasteiger charge is -2.26. The molecule has 2 aromatic rings. The number of amides is 1. The van der Waals surface area contributed by atoms with Gasteiger partial charge >= 0.3 is 0 Å². The van der Waals surface area contributed by atoms with E-state index in [-0.39, 0.29) is 12.0 Å². The summed E-state index contributed by atoms with van der Waals surface area (Å²) < 4.78 is 21.9. The summed E-state index contributed by atoms with van der Waals surface area (Å²) in [6, 6.07) is 12.9. The molecular weight excluding hydrogens is 334 g/mol. The van der Waals surface area contributed by atoms with E-state index in [4.69, 9.17) is 18.9 Å². The van der Waals surface area contributed by atoms with Crippen molar-refractivity contribution in [2.45, 2.75) is 6.10 Å². The van der Waals surface area contributed by atoms with Gasteiger partial charge in [0, 0.05) is 6.08 Å². The fourth-order valence-electron chi connectivity index (χ4n) is 2.57. The van der Waals surface area contributed by atoms with Gasteiger partial charge in [0.25, 0.3) is 0 Å². The van der Waals surface area contributed by atoms with Gasteiger partial charge in [-0.2, -0.15) is 0 Å². The molecule has 0 radical (unpaired) electrons. The third kappa shape index (κ3) is 4.27. The zero-order valence-electron chi connectivity index (χ0n) is 14.7. The maximum atomic E-state index is 12.0. The van der Waals surface area contributed by atoms with Crippen molar-refractivity contribution in [2.75, 3.05) is 27.4 Å². The number of carbonyl (C=O) groups excluding carboxylic acids is 1. The van der Waals surface area contributed by atoms with Crippen LogP contribution < -0.4 is 24.3 Å². The number of carbonyl (C=O) groups is 1. The molecule has 0 unspecified atom stereocenters. The Hall–Kier alpha value is -3.15. The fraction of sp³-hybridized carbons (Fsp3) is 0.250. The van der Waals surface area contributed by atoms with Gasteiger partial charge in [0.15, 0.2) is 23.0 Å². The van der Waals surface area contributed by atoms with Crippen molar-refractivity contribution in [3.63, 3.8) is 0 Å². The molecule has 2 aromatic carbocycles. The third-order valence-electron chi connectivity index (χ3n) is 3.91. The molecule has 1 aliphatic rings. The second-order valence-electron chi connectivity index (χ2n) is 5.69. The molecule has 0 saturated carbocycles. The predicted octanol–water partition coefficient (Wildman–Crippen LogP) is 2.67. The van der Waals surface area contributed by atoms with Crippen LogP contribution in [-0.4, -0.2) is 39.4 Å². The third-order valence-corrected chi connectivity index (χ3v) is 3.91. The van der Waals surface area contributed by atoms with Gasteiger partial charge in [-0.05, 0) is 35.9 Å². The highest BCUT2D eigenvalue weighted by Crippen LogP contribution is 2.30. The number of hydrogen-bond donors (Lipinski definition) is 1. The topological polar surface area (TPSA) is 66.0 Å². The van der Waals surface area contributed by atoms with Crippen LogP contribution in [0.5, 0.6) is 23.0 Å². The summed E-state index contributed by atoms with van der Waals surface area (Å²) in [7, 11) is 3.15. The maximum absolute atomic E-state index is 12.0. The molecule has 0 bridgehead atoms. The molecule has 6 nitrogen and oxygen atoms in total. The smallest absolute Gasteiger partial charge is 0.244 e. The summed E-state index contributed by atoms with van der Waals surface area (Å²) in [6.45, 7) is 0.764. The Labute approximate surface area is 152 Å². The minimum atomic E-state index is -0.219. The molecule has 1 aliphatic heterocycles. The number of benzene rings is 2. The van der Waals surface area contributed by atoms with Crippen LogP contribution in [0.1, 0.15) is 5.56 Å². The monoisotopic (exact) mass is 355 g/mol. The molecule has 136 valence electrons. The van der Waals surface area contributed by atoms with Crippen molar-refractivity contribution in [1.29, 1.82) is 0 Å². The van der Waals surface area contributed by atoms with Crippen LogP contribution in [0, 0.1) is 0 Å². The first-order chi connectivity index (χ1) is 12.7. The summed E-state index contributed by atoms with van der Waals surface area (Å²) in [5.74, 6) is 2.47. The van der Waals surface area contributed by atoms with E-state index in [0.717, 1.165) is 11.3 Å². The highest BCUT2D eigenvalue weighted by atomic mass is 16.6. The van der Waals surface area contributed by atoms with Crippen molar-refractivity contribution >= 4 is 12.0 Å². The number of ether oxygens (including phenoxy) is 4. The van der Waals surface area contributed by atoms with Crippen molar-refractivity contribution in [3.8, 4) is 23.0 Å². The lowest BCUT2D eigenvalue weighted by molar-refractivity contribution is -0.116. The molecule has 1 N–H and O–H groups in total. The number of para-hydroxylation sites is 2. The van der Waals surface area contributed by atoms with Crippen molar-refractivity contribution in [1.82, 2.24) is 5.32 Å². The molecule has 1 heterocycles. The minimum absolute atomic E-state index is 0.206. The van der Waals surface area contributed by atoms with Crippen LogP contribution in [0.15, 0.2) is 48.5 Å². The first-order valence-corrected chi connectivity index (χ1v) is 8.26. The highest BCUT2D eigenvalue weighted by Gasteiger charge is 2.20. The SMILES string of the molecule is COc1ccc(/C=C\C(=O)NC[C@H]2COc3ccccc3O2)cc1OC. The Morgan fingerprint density at radius 1 is 1.15 bits per heavy atom. The van der Waals surface area contributed by atoms with E-state index in [1.54, 1.807) is 32.4 Å². The number of methoxy groups -OCH3 is 2. The average molecular weight is 355 g/mol. The normalized spacial score (nSPS) is 15.5. The Balaban J connectivity index is 1.52. The zero-order chi connectivity index (χ0) is 18.4. The van der Waals surface area contributed by atoms with E-state index in [1.807, 2.05) is 30.3 Å². The molecule has 0 aromatic heterocycles. The van der Waals surface area contributed by atoms with Crippen LogP contribution in [0.3, 0.4) is 0 Å². The average Bonchev–Trinajstić information content (AvgIpc) is 2.70. The van der Waals surface area contributed by atoms with Crippen LogP contribution in [-0.2, 0) is 4.79 Å². The first kappa shape index (κ1) is 17.7. The highest BCUT2D eigenvalue weighted by molar-refractivity contribution is 5.91. The molecule has 1 amide bonds. The zero-order valence-corrected chi connectivity index (χ0v) is 14.7. The molecule has 0 aliphatic carbocycles. The molecule has 26 heavy (non-hydrogen) atoms. The van der Waals surface area contributed by atoms with E-state index in [0.29, 0.717) is 30.4 Å². The van der Waals surface area contributed by atoms with Crippen LogP contribution >= 0.6 is 0 Å². The van der Waals surface area contributed by atoms with Gasteiger partial charge in [0.1, 0.15) is 12.7 Å². The number of nitrogens with one attached hydrogen (secondary N) is 1. The van der Waals surface area contributed by atoms with Gasteiger partial charge in [-0.25, -0.2) is 0 Å². The van der Waals surface area contributed by atoms with Gasteiger partial charge < -0.3 is 24.3 Å². The van der Waals surface area contributed by atoms with E-state index in [9.17, 15) is 4.79 Å². The molecular formula is C20H21NO5. The van der Waals surface area contributed by atoms with Gasteiger partial charge in [-0.3, -0.25) is 4.79 Å². The van der Waals surface area contributed by atoms with E-state index < -0.39 is 0 Å². The largest absolute Gasteiger partial charge is 0.493 e. The van der Waals surface area contributed by atoms with E-state index >= 15 is 0 Å². The second-order valence-corrected chi connectivity index (χ2v) is 5.69. The Bertz CT molecular complexity index is 803. The van der Waals surface area contributed by atoms with Gasteiger partial charge in [0.05, 0.1) is 20.8 Å². The van der Waals surface area contributed by atoms with Gasteiger partial charge in [-0.1, -0.05) is 18.2 Å². The summed E-state index contributed by atoms with van der Waals surface area (Å²) in [5, 5.41) is 2.82. The maximum Gasteiger partial charge on any atom is 0.244 e. The summed E-state index contributed by atoms with van der Waals surface area (Å²) in [6.07, 6.45) is 2.97. The molecule has 1 atom stereocenters. The quantitative estimate of drug-likeness (QED) is 0.807. The summed E-state index contributed by atoms with van der Waals surface area (Å²) in [4.78, 5) is 12.0. The van der Waals surface area contributed by atoms with Crippen molar-refractivity contribution in [2.24, 2.45) is 0 Å². The molecule has 0 saturated heterocycles. The number of hydrogen-bond acceptors (Lipinski definition) is 5. The lowest BCUT2D eigenvalue weighted by Crippen LogP contribution is -2.40. The van der Waals surface area contributed by atoms with E-state index in [2.05, 4.69) is 5.32 Å². The van der Waals surface area contributed by atoms with Crippen LogP contribution in [0.4, 0.5) is 0 Å². The van der Waals surface area contributed by atoms with Crippen LogP contribution in [0.2, 0.25) is 0 Å². The number of rotatable bonds is 6. The Morgan fingerprint density at radius 2 is 1.92 bits per heavy atom. The van der Waals surface area contributed by atoms with Gasteiger partial charge in [0.2, 0.25) is 5.91 Å². The molecule has 3 rings (SSSR count). The number of fused-ring (bicyclic) bond motifs is 1. The second kappa shape index (κ2) is 8.29. The lowest BCUT2D eigenvalue weighted by atomic mass is 10.2. The Morgan fingerprint density at radius 3 is 2.69 bits per heavy atom. The minimum Gasteiger partial charge on any atom is -0.493 e. The molecule has 6 heteroatoms. The first-order valence-electron chi connectivity index (χ1n) is 8.26. The summed E-state index contributed by atoms with van der Waals surface area (Å²) >= 11 is 0. The Kier molecular flexibility index (Phi) is 5.63. The molecule has 0 spiro atoms. The standard InChI is InChI=1S/C20H21NO5/c1-23-16-9-7-14(11-19(16)24-2)8-10-20(22)21-12-15-13-25-17-5-3-4-6-18(17)26-15/h3-11,15H,12-13H2,1-2H3,(H,21,22)/b10-8-/t15-/m0/s1. The van der Waals surface area contributed by atoms with E-state index in [1.165, 1.54) is 6.08 Å². The molecule has 0 fully saturated rings. The van der Waals surface area contributed by atoms with Crippen molar-refractivity contribution < 1.29 is 23.7 Å². The summed E-state index contributed by atoms with van der Waals surface area (Å²) in [5.41, 5.74) is 0.837. The fourth-order valence-corrected chi connectivity index (χ4v) is 2.57. The van der Waals surface area contributed by atoms with Crippen molar-refractivity contribution in [3.05, 3.63) is 54.1 Å². The van der Waals surface area contributed by atoms with Gasteiger partial charge in [-0.15, -0.1) is 0 Å². The predicted molar refractivity (Wildman–Crippen MR) is 97.9 cm³/mol.